The van der Waals surface area contributed by atoms with Crippen LogP contribution in [0, 0.1) is 0 Å². The molecule has 0 N–H and O–H groups in total. The largest absolute Gasteiger partial charge is 0.497 e. The zero-order chi connectivity index (χ0) is 23.3. The Morgan fingerprint density at radius 3 is 2.00 bits per heavy atom. The summed E-state index contributed by atoms with van der Waals surface area (Å²) in [5, 5.41) is 0. The van der Waals surface area contributed by atoms with Crippen molar-refractivity contribution in [3.63, 3.8) is 0 Å². The molecule has 3 heteroatoms. The lowest BCUT2D eigenvalue weighted by atomic mass is 9.95. The van der Waals surface area contributed by atoms with E-state index in [2.05, 4.69) is 96.4 Å². The van der Waals surface area contributed by atoms with Crippen LogP contribution in [-0.2, 0) is 12.8 Å². The molecule has 168 valence electrons. The second-order valence-corrected chi connectivity index (χ2v) is 8.27. The summed E-state index contributed by atoms with van der Waals surface area (Å²) in [5.74, 6) is 0.854. The summed E-state index contributed by atoms with van der Waals surface area (Å²) < 4.78 is 7.87. The highest BCUT2D eigenvalue weighted by molar-refractivity contribution is 5.87. The van der Waals surface area contributed by atoms with Gasteiger partial charge in [0.1, 0.15) is 5.75 Å². The van der Waals surface area contributed by atoms with Gasteiger partial charge in [-0.15, -0.1) is 0 Å². The maximum atomic E-state index is 5.44. The lowest BCUT2D eigenvalue weighted by Crippen LogP contribution is -2.06. The van der Waals surface area contributed by atoms with E-state index in [4.69, 9.17) is 9.72 Å². The van der Waals surface area contributed by atoms with E-state index >= 15 is 0 Å². The Bertz CT molecular complexity index is 1360. The molecule has 0 spiro atoms. The van der Waals surface area contributed by atoms with Gasteiger partial charge in [0, 0.05) is 40.8 Å². The first-order valence-corrected chi connectivity index (χ1v) is 11.7. The number of benzene rings is 3. The maximum Gasteiger partial charge on any atom is 0.119 e. The smallest absolute Gasteiger partial charge is 0.119 e. The fourth-order valence-electron chi connectivity index (χ4n) is 4.71. The number of hydrogen-bond acceptors (Lipinski definition) is 2. The van der Waals surface area contributed by atoms with Gasteiger partial charge in [0.25, 0.3) is 0 Å². The summed E-state index contributed by atoms with van der Waals surface area (Å²) in [4.78, 5) is 4.81. The van der Waals surface area contributed by atoms with Crippen molar-refractivity contribution in [3.05, 3.63) is 126 Å². The molecule has 5 rings (SSSR count). The van der Waals surface area contributed by atoms with Crippen LogP contribution < -0.4 is 4.74 Å². The van der Waals surface area contributed by atoms with E-state index in [1.54, 1.807) is 7.11 Å². The third kappa shape index (κ3) is 4.13. The molecule has 0 aliphatic rings. The van der Waals surface area contributed by atoms with Gasteiger partial charge in [0.05, 0.1) is 12.8 Å². The van der Waals surface area contributed by atoms with E-state index in [-0.39, 0.29) is 0 Å². The van der Waals surface area contributed by atoms with E-state index < -0.39 is 0 Å². The summed E-state index contributed by atoms with van der Waals surface area (Å²) >= 11 is 0. The first kappa shape index (κ1) is 21.7. The van der Waals surface area contributed by atoms with Gasteiger partial charge < -0.3 is 9.30 Å². The van der Waals surface area contributed by atoms with Gasteiger partial charge in [0.15, 0.2) is 0 Å². The van der Waals surface area contributed by atoms with Crippen LogP contribution >= 0.6 is 0 Å². The van der Waals surface area contributed by atoms with Gasteiger partial charge in [0.2, 0.25) is 0 Å². The van der Waals surface area contributed by atoms with Crippen LogP contribution in [0.1, 0.15) is 23.9 Å². The highest BCUT2D eigenvalue weighted by atomic mass is 16.5. The summed E-state index contributed by atoms with van der Waals surface area (Å²) in [6, 6.07) is 35.9. The molecular weight excluding hydrogens is 416 g/mol. The number of ether oxygens (including phenoxy) is 1. The van der Waals surface area contributed by atoms with E-state index in [9.17, 15) is 0 Å². The Labute approximate surface area is 201 Å². The average molecular weight is 445 g/mol. The molecule has 0 fully saturated rings. The molecule has 2 heterocycles. The number of methoxy groups -OCH3 is 1. The second-order valence-electron chi connectivity index (χ2n) is 8.27. The van der Waals surface area contributed by atoms with Gasteiger partial charge in [-0.1, -0.05) is 73.7 Å². The second kappa shape index (κ2) is 9.80. The highest BCUT2D eigenvalue weighted by Crippen LogP contribution is 2.42. The van der Waals surface area contributed by atoms with Gasteiger partial charge in [-0.2, -0.15) is 0 Å². The number of rotatable bonds is 7. The topological polar surface area (TPSA) is 27.1 Å². The van der Waals surface area contributed by atoms with E-state index in [0.717, 1.165) is 30.0 Å². The Morgan fingerprint density at radius 2 is 1.38 bits per heavy atom. The number of hydrogen-bond donors (Lipinski definition) is 0. The lowest BCUT2D eigenvalue weighted by molar-refractivity contribution is 0.414. The van der Waals surface area contributed by atoms with Crippen LogP contribution in [0.3, 0.4) is 0 Å². The minimum atomic E-state index is 0.804. The molecular formula is C31H28N2O. The van der Waals surface area contributed by atoms with E-state index in [1.807, 2.05) is 24.4 Å². The van der Waals surface area contributed by atoms with Crippen molar-refractivity contribution in [1.29, 1.82) is 0 Å². The number of nitrogens with zero attached hydrogens (tertiary/aromatic N) is 2. The zero-order valence-corrected chi connectivity index (χ0v) is 19.6. The molecule has 5 aromatic rings. The summed E-state index contributed by atoms with van der Waals surface area (Å²) in [6.07, 6.45) is 3.58. The molecule has 0 aliphatic carbocycles. The van der Waals surface area contributed by atoms with Crippen molar-refractivity contribution in [2.24, 2.45) is 0 Å². The number of aromatic nitrogens is 2. The molecule has 0 atom stereocenters. The predicted molar refractivity (Wildman–Crippen MR) is 140 cm³/mol. The summed E-state index contributed by atoms with van der Waals surface area (Å²) in [7, 11) is 1.70. The van der Waals surface area contributed by atoms with Crippen LogP contribution in [-0.4, -0.2) is 16.7 Å². The molecule has 0 bridgehead atoms. The lowest BCUT2D eigenvalue weighted by Gasteiger charge is -2.15. The first-order chi connectivity index (χ1) is 16.8. The first-order valence-electron chi connectivity index (χ1n) is 11.7. The maximum absolute atomic E-state index is 5.44. The molecule has 34 heavy (non-hydrogen) atoms. The minimum Gasteiger partial charge on any atom is -0.497 e. The Kier molecular flexibility index (Phi) is 6.26. The van der Waals surface area contributed by atoms with E-state index in [1.165, 1.54) is 33.6 Å². The minimum absolute atomic E-state index is 0.804. The third-order valence-electron chi connectivity index (χ3n) is 6.23. The standard InChI is InChI=1S/C31H28N2O/c1-3-28-30(24-14-8-5-9-15-24)31(27-16-10-11-21-32-27)29(22-23-12-6-4-7-13-23)33(28)25-17-19-26(34-2)20-18-25/h4-21H,3,22H2,1-2H3. The summed E-state index contributed by atoms with van der Waals surface area (Å²) in [6.45, 7) is 2.23. The molecule has 0 saturated carbocycles. The van der Waals surface area contributed by atoms with Crippen LogP contribution in [0.4, 0.5) is 0 Å². The quantitative estimate of drug-likeness (QED) is 0.262. The Morgan fingerprint density at radius 1 is 0.706 bits per heavy atom. The predicted octanol–water partition coefficient (Wildman–Crippen LogP) is 7.37. The van der Waals surface area contributed by atoms with Crippen LogP contribution in [0.25, 0.3) is 28.1 Å². The zero-order valence-electron chi connectivity index (χ0n) is 19.6. The van der Waals surface area contributed by atoms with E-state index in [0.29, 0.717) is 0 Å². The van der Waals surface area contributed by atoms with Crippen molar-refractivity contribution in [3.8, 4) is 33.8 Å². The van der Waals surface area contributed by atoms with Crippen LogP contribution in [0.15, 0.2) is 109 Å². The third-order valence-corrected chi connectivity index (χ3v) is 6.23. The van der Waals surface area contributed by atoms with Crippen molar-refractivity contribution >= 4 is 0 Å². The van der Waals surface area contributed by atoms with Gasteiger partial charge >= 0.3 is 0 Å². The molecule has 3 nitrogen and oxygen atoms in total. The van der Waals surface area contributed by atoms with Crippen LogP contribution in [0.2, 0.25) is 0 Å². The van der Waals surface area contributed by atoms with Crippen molar-refractivity contribution in [2.75, 3.05) is 7.11 Å². The SMILES string of the molecule is CCc1c(-c2ccccc2)c(-c2ccccn2)c(Cc2ccccc2)n1-c1ccc(OC)cc1. The summed E-state index contributed by atoms with van der Waals surface area (Å²) in [5.41, 5.74) is 9.58. The molecule has 0 unspecified atom stereocenters. The normalized spacial score (nSPS) is 10.9. The van der Waals surface area contributed by atoms with Crippen molar-refractivity contribution in [2.45, 2.75) is 19.8 Å². The van der Waals surface area contributed by atoms with Gasteiger partial charge in [-0.05, 0) is 53.9 Å². The fourth-order valence-corrected chi connectivity index (χ4v) is 4.71. The number of pyridine rings is 1. The Balaban J connectivity index is 1.86. The van der Waals surface area contributed by atoms with Crippen molar-refractivity contribution < 1.29 is 4.74 Å². The highest BCUT2D eigenvalue weighted by Gasteiger charge is 2.25. The molecule has 2 aromatic heterocycles. The van der Waals surface area contributed by atoms with Gasteiger partial charge in [-0.25, -0.2) is 0 Å². The fraction of sp³-hybridized carbons (Fsp3) is 0.129. The molecule has 0 saturated heterocycles. The van der Waals surface area contributed by atoms with Crippen molar-refractivity contribution in [1.82, 2.24) is 9.55 Å². The van der Waals surface area contributed by atoms with Crippen LogP contribution in [0.5, 0.6) is 5.75 Å². The molecule has 3 aromatic carbocycles. The molecule has 0 amide bonds. The monoisotopic (exact) mass is 444 g/mol. The average Bonchev–Trinajstić information content (AvgIpc) is 3.24. The Hall–Kier alpha value is -4.11. The van der Waals surface area contributed by atoms with Gasteiger partial charge in [-0.3, -0.25) is 4.98 Å². The molecule has 0 aliphatic heterocycles. The molecule has 0 radical (unpaired) electrons.